The Morgan fingerprint density at radius 1 is 1.19 bits per heavy atom. The fraction of sp³-hybridized carbons (Fsp3) is 0.464. The van der Waals surface area contributed by atoms with Gasteiger partial charge in [-0.3, -0.25) is 15.2 Å². The van der Waals surface area contributed by atoms with E-state index >= 15 is 0 Å². The number of benzene rings is 2. The molecule has 2 aliphatic heterocycles. The maximum absolute atomic E-state index is 13.5. The molecule has 2 aromatic rings. The quantitative estimate of drug-likeness (QED) is 0.409. The molecular weight excluding hydrogens is 474 g/mol. The van der Waals surface area contributed by atoms with Crippen LogP contribution in [0.5, 0.6) is 5.75 Å². The summed E-state index contributed by atoms with van der Waals surface area (Å²) in [7, 11) is 1.66. The summed E-state index contributed by atoms with van der Waals surface area (Å²) in [6, 6.07) is 13.2. The molecule has 0 radical (unpaired) electrons. The third-order valence-corrected chi connectivity index (χ3v) is 7.27. The molecule has 0 amide bonds. The maximum atomic E-state index is 13.5. The van der Waals surface area contributed by atoms with Gasteiger partial charge in [0.15, 0.2) is 5.84 Å². The zero-order valence-corrected chi connectivity index (χ0v) is 22.1. The minimum absolute atomic E-state index is 0.0171. The van der Waals surface area contributed by atoms with E-state index in [4.69, 9.17) is 27.1 Å². The zero-order chi connectivity index (χ0) is 25.7. The predicted octanol–water partition coefficient (Wildman–Crippen LogP) is 5.14. The van der Waals surface area contributed by atoms with E-state index in [9.17, 15) is 4.79 Å². The minimum atomic E-state index is -0.405. The van der Waals surface area contributed by atoms with Crippen molar-refractivity contribution in [2.24, 2.45) is 21.7 Å². The highest BCUT2D eigenvalue weighted by Crippen LogP contribution is 2.35. The Labute approximate surface area is 218 Å². The Morgan fingerprint density at radius 2 is 1.97 bits per heavy atom. The van der Waals surface area contributed by atoms with Gasteiger partial charge in [-0.15, -0.1) is 0 Å². The summed E-state index contributed by atoms with van der Waals surface area (Å²) in [6.45, 7) is 4.84. The molecule has 2 heterocycles. The molecule has 7 nitrogen and oxygen atoms in total. The van der Waals surface area contributed by atoms with Crippen molar-refractivity contribution in [3.05, 3.63) is 58.6 Å². The number of hydrazone groups is 1. The Hall–Kier alpha value is -2.90. The van der Waals surface area contributed by atoms with Crippen LogP contribution in [0.15, 0.2) is 52.6 Å². The molecule has 0 bridgehead atoms. The number of fused-ring (bicyclic) bond motifs is 3. The van der Waals surface area contributed by atoms with E-state index in [-0.39, 0.29) is 17.9 Å². The number of carbonyl (C=O) groups is 1. The second-order valence-corrected chi connectivity index (χ2v) is 9.88. The molecule has 3 atom stereocenters. The van der Waals surface area contributed by atoms with E-state index in [0.717, 1.165) is 66.2 Å². The van der Waals surface area contributed by atoms with Crippen LogP contribution in [0.1, 0.15) is 63.5 Å². The lowest BCUT2D eigenvalue weighted by atomic mass is 9.90. The largest absolute Gasteiger partial charge is 0.497 e. The number of methoxy groups -OCH3 is 1. The fourth-order valence-corrected chi connectivity index (χ4v) is 5.12. The fourth-order valence-electron chi connectivity index (χ4n) is 5.00. The molecule has 2 aliphatic rings. The van der Waals surface area contributed by atoms with Crippen molar-refractivity contribution in [2.45, 2.75) is 64.6 Å². The van der Waals surface area contributed by atoms with Crippen molar-refractivity contribution >= 4 is 34.6 Å². The highest BCUT2D eigenvalue weighted by atomic mass is 35.5. The predicted molar refractivity (Wildman–Crippen MR) is 147 cm³/mol. The van der Waals surface area contributed by atoms with E-state index in [1.165, 1.54) is 0 Å². The van der Waals surface area contributed by atoms with Crippen LogP contribution in [-0.2, 0) is 4.79 Å². The number of anilines is 1. The molecule has 4 rings (SSSR count). The van der Waals surface area contributed by atoms with Crippen LogP contribution < -0.4 is 20.8 Å². The summed E-state index contributed by atoms with van der Waals surface area (Å²) in [5.41, 5.74) is 12.5. The average molecular weight is 510 g/mol. The molecule has 192 valence electrons. The van der Waals surface area contributed by atoms with Crippen molar-refractivity contribution in [3.63, 3.8) is 0 Å². The highest BCUT2D eigenvalue weighted by molar-refractivity contribution is 6.31. The van der Waals surface area contributed by atoms with Gasteiger partial charge >= 0.3 is 0 Å². The standard InChI is InChI=1S/C28H36ClN5O2/c1-4-19(8-6-5-7-15-30)26(35)17-24-28-33-32-18(2)34(28)25-14-13-22(36-3)16-23(25)27(31-24)20-9-11-21(29)12-10-20/h9-14,16,18-19,24,32H,4-8,15,17,30H2,1-3H3. The molecule has 0 fully saturated rings. The number of unbranched alkanes of at least 4 members (excludes halogenated alkanes) is 2. The molecule has 0 saturated carbocycles. The monoisotopic (exact) mass is 509 g/mol. The van der Waals surface area contributed by atoms with Crippen molar-refractivity contribution in [3.8, 4) is 5.75 Å². The third kappa shape index (κ3) is 5.57. The van der Waals surface area contributed by atoms with Crippen molar-refractivity contribution in [2.75, 3.05) is 18.6 Å². The molecule has 0 spiro atoms. The third-order valence-electron chi connectivity index (χ3n) is 7.02. The number of rotatable bonds is 11. The van der Waals surface area contributed by atoms with Gasteiger partial charge in [-0.1, -0.05) is 43.5 Å². The van der Waals surface area contributed by atoms with Crippen molar-refractivity contribution in [1.29, 1.82) is 0 Å². The van der Waals surface area contributed by atoms with Gasteiger partial charge in [0.25, 0.3) is 0 Å². The molecule has 2 aromatic carbocycles. The molecule has 3 unspecified atom stereocenters. The second kappa shape index (κ2) is 11.9. The number of nitrogens with zero attached hydrogens (tertiary/aromatic N) is 3. The number of nitrogens with one attached hydrogen (secondary N) is 1. The number of Topliss-reactive ketones (excluding diaryl/α,β-unsaturated/α-hetero) is 1. The summed E-state index contributed by atoms with van der Waals surface area (Å²) in [5, 5.41) is 5.32. The topological polar surface area (TPSA) is 92.3 Å². The van der Waals surface area contributed by atoms with E-state index in [0.29, 0.717) is 18.0 Å². The molecule has 0 saturated heterocycles. The number of ether oxygens (including phenoxy) is 1. The van der Waals surface area contributed by atoms with E-state index in [2.05, 4.69) is 29.3 Å². The van der Waals surface area contributed by atoms with Gasteiger partial charge in [-0.05, 0) is 63.1 Å². The number of ketones is 1. The second-order valence-electron chi connectivity index (χ2n) is 9.44. The lowest BCUT2D eigenvalue weighted by Crippen LogP contribution is -2.42. The minimum Gasteiger partial charge on any atom is -0.497 e. The van der Waals surface area contributed by atoms with Crippen LogP contribution >= 0.6 is 11.6 Å². The van der Waals surface area contributed by atoms with Gasteiger partial charge in [0.2, 0.25) is 0 Å². The lowest BCUT2D eigenvalue weighted by Gasteiger charge is -2.27. The molecule has 8 heteroatoms. The van der Waals surface area contributed by atoms with Gasteiger partial charge in [0.05, 0.1) is 18.5 Å². The number of halogens is 1. The first-order chi connectivity index (χ1) is 17.5. The first-order valence-corrected chi connectivity index (χ1v) is 13.2. The Morgan fingerprint density at radius 3 is 2.67 bits per heavy atom. The van der Waals surface area contributed by atoms with E-state index < -0.39 is 6.04 Å². The molecule has 36 heavy (non-hydrogen) atoms. The number of hydrogen-bond donors (Lipinski definition) is 2. The Balaban J connectivity index is 1.74. The summed E-state index contributed by atoms with van der Waals surface area (Å²) < 4.78 is 5.55. The van der Waals surface area contributed by atoms with Gasteiger partial charge in [-0.2, -0.15) is 5.10 Å². The van der Waals surface area contributed by atoms with Crippen molar-refractivity contribution < 1.29 is 9.53 Å². The molecular formula is C28H36ClN5O2. The van der Waals surface area contributed by atoms with Crippen LogP contribution in [0.4, 0.5) is 5.69 Å². The highest BCUT2D eigenvalue weighted by Gasteiger charge is 2.38. The molecule has 0 aliphatic carbocycles. The van der Waals surface area contributed by atoms with Crippen LogP contribution in [0, 0.1) is 5.92 Å². The van der Waals surface area contributed by atoms with Gasteiger partial charge in [0, 0.05) is 28.5 Å². The molecule has 0 aromatic heterocycles. The number of amidine groups is 1. The number of hydrogen-bond acceptors (Lipinski definition) is 7. The van der Waals surface area contributed by atoms with Crippen LogP contribution in [0.25, 0.3) is 0 Å². The first kappa shape index (κ1) is 26.2. The van der Waals surface area contributed by atoms with Crippen LogP contribution in [-0.4, -0.2) is 43.2 Å². The van der Waals surface area contributed by atoms with Crippen molar-refractivity contribution in [1.82, 2.24) is 5.43 Å². The maximum Gasteiger partial charge on any atom is 0.156 e. The summed E-state index contributed by atoms with van der Waals surface area (Å²) in [5.74, 6) is 1.76. The van der Waals surface area contributed by atoms with Gasteiger partial charge < -0.3 is 15.4 Å². The van der Waals surface area contributed by atoms with Gasteiger partial charge in [-0.25, -0.2) is 0 Å². The number of carbonyl (C=O) groups excluding carboxylic acids is 1. The van der Waals surface area contributed by atoms with Crippen LogP contribution in [0.2, 0.25) is 5.02 Å². The Kier molecular flexibility index (Phi) is 8.64. The van der Waals surface area contributed by atoms with Gasteiger partial charge in [0.1, 0.15) is 23.7 Å². The van der Waals surface area contributed by atoms with E-state index in [1.807, 2.05) is 42.5 Å². The van der Waals surface area contributed by atoms with Crippen LogP contribution in [0.3, 0.4) is 0 Å². The molecule has 3 N–H and O–H groups in total. The summed E-state index contributed by atoms with van der Waals surface area (Å²) in [6.07, 6.45) is 5.02. The number of aliphatic imine (C=N–C) groups is 1. The smallest absolute Gasteiger partial charge is 0.156 e. The summed E-state index contributed by atoms with van der Waals surface area (Å²) >= 11 is 6.19. The number of nitrogens with two attached hydrogens (primary N) is 1. The summed E-state index contributed by atoms with van der Waals surface area (Å²) in [4.78, 5) is 20.9. The SMILES string of the molecule is CCC(CCCCCN)C(=O)CC1N=C(c2ccc(Cl)cc2)c2cc(OC)ccc2N2C1=NNC2C. The lowest BCUT2D eigenvalue weighted by molar-refractivity contribution is -0.123. The normalized spacial score (nSPS) is 19.4. The Bertz CT molecular complexity index is 1130. The first-order valence-electron chi connectivity index (χ1n) is 12.8. The van der Waals surface area contributed by atoms with E-state index in [1.54, 1.807) is 7.11 Å². The zero-order valence-electron chi connectivity index (χ0n) is 21.3. The average Bonchev–Trinajstić information content (AvgIpc) is 3.21.